The fourth-order valence-corrected chi connectivity index (χ4v) is 2.21. The van der Waals surface area contributed by atoms with Crippen LogP contribution in [0.5, 0.6) is 0 Å². The monoisotopic (exact) mass is 279 g/mol. The van der Waals surface area contributed by atoms with Crippen molar-refractivity contribution in [1.29, 1.82) is 0 Å². The van der Waals surface area contributed by atoms with Gasteiger partial charge in [0.15, 0.2) is 0 Å². The second-order valence-corrected chi connectivity index (χ2v) is 4.73. The lowest BCUT2D eigenvalue weighted by Gasteiger charge is -2.09. The van der Waals surface area contributed by atoms with Gasteiger partial charge in [-0.25, -0.2) is 0 Å². The van der Waals surface area contributed by atoms with Crippen LogP contribution >= 0.6 is 11.8 Å². The Kier molecular flexibility index (Phi) is 4.52. The number of nitrogens with one attached hydrogen (secondary N) is 1. The second-order valence-electron chi connectivity index (χ2n) is 3.69. The van der Waals surface area contributed by atoms with E-state index in [2.05, 4.69) is 5.32 Å². The van der Waals surface area contributed by atoms with Gasteiger partial charge in [-0.15, -0.1) is 0 Å². The third kappa shape index (κ3) is 3.79. The highest BCUT2D eigenvalue weighted by Crippen LogP contribution is 2.28. The molecule has 0 bridgehead atoms. The molecule has 1 N–H and O–H groups in total. The van der Waals surface area contributed by atoms with Gasteiger partial charge in [0.25, 0.3) is 11.7 Å². The van der Waals surface area contributed by atoms with Crippen LogP contribution in [0, 0.1) is 0 Å². The average molecular weight is 279 g/mol. The molecule has 19 heavy (non-hydrogen) atoms. The first-order valence-corrected chi connectivity index (χ1v) is 6.45. The van der Waals surface area contributed by atoms with Gasteiger partial charge in [0.2, 0.25) is 0 Å². The topological polar surface area (TPSA) is 29.1 Å². The van der Waals surface area contributed by atoms with Gasteiger partial charge in [0.05, 0.1) is 5.56 Å². The Morgan fingerprint density at radius 3 is 2.32 bits per heavy atom. The summed E-state index contributed by atoms with van der Waals surface area (Å²) >= 11 is 0.370. The fourth-order valence-electron chi connectivity index (χ4n) is 1.57. The number of alkyl halides is 2. The summed E-state index contributed by atoms with van der Waals surface area (Å²) in [5.41, 5.74) is 0.876. The van der Waals surface area contributed by atoms with E-state index >= 15 is 0 Å². The Morgan fingerprint density at radius 1 is 1.00 bits per heavy atom. The molecule has 0 saturated heterocycles. The van der Waals surface area contributed by atoms with E-state index < -0.39 is 11.7 Å². The predicted molar refractivity (Wildman–Crippen MR) is 72.7 cm³/mol. The van der Waals surface area contributed by atoms with E-state index in [1.807, 2.05) is 6.07 Å². The molecule has 0 fully saturated rings. The van der Waals surface area contributed by atoms with Gasteiger partial charge in [0, 0.05) is 10.6 Å². The summed E-state index contributed by atoms with van der Waals surface area (Å²) in [6, 6.07) is 15.2. The third-order valence-electron chi connectivity index (χ3n) is 2.38. The molecule has 5 heteroatoms. The molecule has 0 aliphatic heterocycles. The van der Waals surface area contributed by atoms with E-state index in [1.54, 1.807) is 36.4 Å². The molecule has 2 aromatic rings. The van der Waals surface area contributed by atoms with Gasteiger partial charge >= 0.3 is 0 Å². The Labute approximate surface area is 113 Å². The molecule has 98 valence electrons. The number of hydrogen-bond donors (Lipinski definition) is 1. The lowest BCUT2D eigenvalue weighted by Crippen LogP contribution is -2.13. The smallest absolute Gasteiger partial charge is 0.288 e. The summed E-state index contributed by atoms with van der Waals surface area (Å²) in [4.78, 5) is 12.3. The zero-order chi connectivity index (χ0) is 13.7. The Balaban J connectivity index is 2.19. The number of halogens is 2. The quantitative estimate of drug-likeness (QED) is 0.847. The standard InChI is InChI=1S/C14H11F2NOS/c15-14(16)19-12-9-5-4-8-11(12)13(18)17-10-6-2-1-3-7-10/h1-9,14H,(H,17,18). The molecule has 0 saturated carbocycles. The number of benzene rings is 2. The van der Waals surface area contributed by atoms with Crippen molar-refractivity contribution in [2.75, 3.05) is 5.32 Å². The Bertz CT molecular complexity index is 560. The van der Waals surface area contributed by atoms with E-state index in [0.29, 0.717) is 17.4 Å². The zero-order valence-electron chi connectivity index (χ0n) is 9.85. The number of amides is 1. The average Bonchev–Trinajstić information content (AvgIpc) is 2.39. The Hall–Kier alpha value is -1.88. The maximum atomic E-state index is 12.4. The molecule has 0 aromatic heterocycles. The summed E-state index contributed by atoms with van der Waals surface area (Å²) in [7, 11) is 0. The minimum Gasteiger partial charge on any atom is -0.322 e. The van der Waals surface area contributed by atoms with Crippen molar-refractivity contribution in [2.45, 2.75) is 10.7 Å². The number of carbonyl (C=O) groups is 1. The van der Waals surface area contributed by atoms with Gasteiger partial charge in [-0.3, -0.25) is 4.79 Å². The molecular weight excluding hydrogens is 268 g/mol. The van der Waals surface area contributed by atoms with Crippen molar-refractivity contribution >= 4 is 23.4 Å². The SMILES string of the molecule is O=C(Nc1ccccc1)c1ccccc1SC(F)F. The molecule has 0 radical (unpaired) electrons. The van der Waals surface area contributed by atoms with Gasteiger partial charge in [-0.1, -0.05) is 42.1 Å². The lowest BCUT2D eigenvalue weighted by molar-refractivity contribution is 0.102. The minimum atomic E-state index is -2.55. The van der Waals surface area contributed by atoms with E-state index in [-0.39, 0.29) is 10.5 Å². The molecule has 0 spiro atoms. The van der Waals surface area contributed by atoms with Crippen molar-refractivity contribution < 1.29 is 13.6 Å². The zero-order valence-corrected chi connectivity index (χ0v) is 10.7. The first-order chi connectivity index (χ1) is 9.16. The molecule has 0 aliphatic carbocycles. The third-order valence-corrected chi connectivity index (χ3v) is 3.17. The van der Waals surface area contributed by atoms with E-state index in [0.717, 1.165) is 0 Å². The second kappa shape index (κ2) is 6.33. The fraction of sp³-hybridized carbons (Fsp3) is 0.0714. The van der Waals surface area contributed by atoms with Crippen LogP contribution in [0.1, 0.15) is 10.4 Å². The van der Waals surface area contributed by atoms with E-state index in [1.165, 1.54) is 12.1 Å². The molecule has 2 aromatic carbocycles. The van der Waals surface area contributed by atoms with E-state index in [4.69, 9.17) is 0 Å². The van der Waals surface area contributed by atoms with Crippen LogP contribution in [0.25, 0.3) is 0 Å². The van der Waals surface area contributed by atoms with Crippen LogP contribution in [-0.4, -0.2) is 11.7 Å². The number of para-hydroxylation sites is 1. The molecule has 0 atom stereocenters. The van der Waals surface area contributed by atoms with Gasteiger partial charge in [-0.05, 0) is 24.3 Å². The summed E-state index contributed by atoms with van der Waals surface area (Å²) in [6.07, 6.45) is 0. The molecule has 0 aliphatic rings. The van der Waals surface area contributed by atoms with Crippen molar-refractivity contribution in [3.05, 3.63) is 60.2 Å². The molecule has 1 amide bonds. The number of carbonyl (C=O) groups excluding carboxylic acids is 1. The first-order valence-electron chi connectivity index (χ1n) is 5.57. The maximum Gasteiger partial charge on any atom is 0.288 e. The highest BCUT2D eigenvalue weighted by molar-refractivity contribution is 7.99. The largest absolute Gasteiger partial charge is 0.322 e. The number of thioether (sulfide) groups is 1. The van der Waals surface area contributed by atoms with Crippen LogP contribution in [0.2, 0.25) is 0 Å². The van der Waals surface area contributed by atoms with Crippen molar-refractivity contribution in [3.8, 4) is 0 Å². The van der Waals surface area contributed by atoms with Crippen molar-refractivity contribution in [2.24, 2.45) is 0 Å². The first kappa shape index (κ1) is 13.5. The Morgan fingerprint density at radius 2 is 1.63 bits per heavy atom. The van der Waals surface area contributed by atoms with Crippen LogP contribution in [0.4, 0.5) is 14.5 Å². The minimum absolute atomic E-state index is 0.247. The van der Waals surface area contributed by atoms with Gasteiger partial charge < -0.3 is 5.32 Å². The van der Waals surface area contributed by atoms with Gasteiger partial charge in [-0.2, -0.15) is 8.78 Å². The lowest BCUT2D eigenvalue weighted by atomic mass is 10.2. The van der Waals surface area contributed by atoms with Crippen LogP contribution in [0.3, 0.4) is 0 Å². The molecular formula is C14H11F2NOS. The van der Waals surface area contributed by atoms with Crippen LogP contribution < -0.4 is 5.32 Å². The molecule has 0 unspecified atom stereocenters. The maximum absolute atomic E-state index is 12.4. The highest BCUT2D eigenvalue weighted by Gasteiger charge is 2.14. The number of anilines is 1. The molecule has 0 heterocycles. The highest BCUT2D eigenvalue weighted by atomic mass is 32.2. The van der Waals surface area contributed by atoms with Gasteiger partial charge in [0.1, 0.15) is 0 Å². The number of rotatable bonds is 4. The summed E-state index contributed by atoms with van der Waals surface area (Å²) < 4.78 is 24.8. The summed E-state index contributed by atoms with van der Waals surface area (Å²) in [5, 5.41) is 2.67. The summed E-state index contributed by atoms with van der Waals surface area (Å²) in [5.74, 6) is -2.94. The van der Waals surface area contributed by atoms with Crippen molar-refractivity contribution in [1.82, 2.24) is 0 Å². The van der Waals surface area contributed by atoms with E-state index in [9.17, 15) is 13.6 Å². The normalized spacial score (nSPS) is 10.5. The predicted octanol–water partition coefficient (Wildman–Crippen LogP) is 4.25. The summed E-state index contributed by atoms with van der Waals surface area (Å²) in [6.45, 7) is 0. The van der Waals surface area contributed by atoms with Crippen LogP contribution in [0.15, 0.2) is 59.5 Å². The molecule has 2 rings (SSSR count). The van der Waals surface area contributed by atoms with Crippen molar-refractivity contribution in [3.63, 3.8) is 0 Å². The van der Waals surface area contributed by atoms with Crippen LogP contribution in [-0.2, 0) is 0 Å². The number of hydrogen-bond acceptors (Lipinski definition) is 2. The molecule has 2 nitrogen and oxygen atoms in total.